The molecule has 3 N–H and O–H groups in total. The van der Waals surface area contributed by atoms with Gasteiger partial charge in [-0.3, -0.25) is 5.43 Å². The van der Waals surface area contributed by atoms with Crippen LogP contribution in [0.2, 0.25) is 0 Å². The zero-order valence-corrected chi connectivity index (χ0v) is 17.3. The van der Waals surface area contributed by atoms with Crippen LogP contribution in [0.15, 0.2) is 36.9 Å². The van der Waals surface area contributed by atoms with Crippen LogP contribution < -0.4 is 16.1 Å². The van der Waals surface area contributed by atoms with Gasteiger partial charge in [0.05, 0.1) is 31.0 Å². The number of anilines is 1. The molecular formula is C20H25F3N8O. The Kier molecular flexibility index (Phi) is 6.90. The number of rotatable bonds is 6. The Hall–Kier alpha value is -2.72. The van der Waals surface area contributed by atoms with E-state index in [-0.39, 0.29) is 36.7 Å². The molecule has 4 heterocycles. The molecule has 12 heteroatoms. The van der Waals surface area contributed by atoms with E-state index in [0.29, 0.717) is 19.7 Å². The average molecular weight is 450 g/mol. The maximum atomic E-state index is 14.0. The quantitative estimate of drug-likeness (QED) is 0.609. The highest BCUT2D eigenvalue weighted by Crippen LogP contribution is 2.38. The van der Waals surface area contributed by atoms with E-state index < -0.39 is 18.1 Å². The van der Waals surface area contributed by atoms with Crippen molar-refractivity contribution in [3.8, 4) is 6.07 Å². The molecule has 2 saturated heterocycles. The number of piperidine rings is 1. The molecule has 2 aromatic heterocycles. The molecule has 2 fully saturated rings. The number of aromatic nitrogens is 3. The van der Waals surface area contributed by atoms with Crippen molar-refractivity contribution in [2.75, 3.05) is 38.2 Å². The molecule has 9 nitrogen and oxygen atoms in total. The van der Waals surface area contributed by atoms with Gasteiger partial charge in [0.2, 0.25) is 0 Å². The van der Waals surface area contributed by atoms with Crippen molar-refractivity contribution in [3.63, 3.8) is 0 Å². The summed E-state index contributed by atoms with van der Waals surface area (Å²) in [5, 5.41) is 16.7. The SMILES string of the molecule is N#Cc1cnc(NN2CC(C(F)(F)F)C(NC[C@@H]3CNCCO3)CC2n2cccc2)cn1. The Balaban J connectivity index is 1.53. The summed E-state index contributed by atoms with van der Waals surface area (Å²) in [6, 6.07) is 4.76. The van der Waals surface area contributed by atoms with Crippen LogP contribution in [0, 0.1) is 17.2 Å². The van der Waals surface area contributed by atoms with E-state index in [1.165, 1.54) is 17.4 Å². The molecule has 4 rings (SSSR count). The molecule has 2 aliphatic heterocycles. The van der Waals surface area contributed by atoms with Crippen molar-refractivity contribution in [2.24, 2.45) is 5.92 Å². The van der Waals surface area contributed by atoms with Crippen molar-refractivity contribution < 1.29 is 17.9 Å². The van der Waals surface area contributed by atoms with Crippen molar-refractivity contribution in [2.45, 2.75) is 30.9 Å². The third kappa shape index (κ3) is 5.36. The minimum Gasteiger partial charge on any atom is -0.374 e. The van der Waals surface area contributed by atoms with Crippen molar-refractivity contribution >= 4 is 5.82 Å². The van der Waals surface area contributed by atoms with Crippen LogP contribution >= 0.6 is 0 Å². The van der Waals surface area contributed by atoms with Crippen LogP contribution in [0.4, 0.5) is 19.0 Å². The lowest BCUT2D eigenvalue weighted by molar-refractivity contribution is -0.200. The van der Waals surface area contributed by atoms with E-state index in [0.717, 1.165) is 6.54 Å². The summed E-state index contributed by atoms with van der Waals surface area (Å²) in [5.41, 5.74) is 3.10. The molecule has 0 bridgehead atoms. The first-order chi connectivity index (χ1) is 15.4. The molecule has 3 unspecified atom stereocenters. The first-order valence-corrected chi connectivity index (χ1v) is 10.4. The number of hydrazine groups is 1. The highest BCUT2D eigenvalue weighted by molar-refractivity contribution is 5.32. The average Bonchev–Trinajstić information content (AvgIpc) is 3.33. The van der Waals surface area contributed by atoms with Crippen molar-refractivity contribution in [3.05, 3.63) is 42.6 Å². The molecule has 0 saturated carbocycles. The zero-order chi connectivity index (χ0) is 22.6. The maximum Gasteiger partial charge on any atom is 0.394 e. The molecule has 2 aliphatic rings. The van der Waals surface area contributed by atoms with Gasteiger partial charge in [-0.2, -0.15) is 23.4 Å². The van der Waals surface area contributed by atoms with Gasteiger partial charge in [-0.15, -0.1) is 0 Å². The smallest absolute Gasteiger partial charge is 0.374 e. The van der Waals surface area contributed by atoms with Gasteiger partial charge in [0.25, 0.3) is 0 Å². The monoisotopic (exact) mass is 450 g/mol. The van der Waals surface area contributed by atoms with Crippen LogP contribution in [0.25, 0.3) is 0 Å². The number of nitrogens with one attached hydrogen (secondary N) is 3. The number of hydrogen-bond donors (Lipinski definition) is 3. The summed E-state index contributed by atoms with van der Waals surface area (Å²) in [5.74, 6) is -1.32. The Morgan fingerprint density at radius 3 is 2.69 bits per heavy atom. The number of ether oxygens (including phenoxy) is 1. The van der Waals surface area contributed by atoms with Gasteiger partial charge in [0.15, 0.2) is 11.5 Å². The fourth-order valence-electron chi connectivity index (χ4n) is 4.11. The second-order valence-electron chi connectivity index (χ2n) is 7.87. The predicted octanol–water partition coefficient (Wildman–Crippen LogP) is 1.51. The molecule has 0 radical (unpaired) electrons. The first kappa shape index (κ1) is 22.5. The van der Waals surface area contributed by atoms with Gasteiger partial charge in [-0.05, 0) is 18.6 Å². The van der Waals surface area contributed by atoms with Crippen molar-refractivity contribution in [1.29, 1.82) is 5.26 Å². The molecule has 32 heavy (non-hydrogen) atoms. The maximum absolute atomic E-state index is 14.0. The van der Waals surface area contributed by atoms with E-state index in [1.807, 2.05) is 35.2 Å². The van der Waals surface area contributed by atoms with E-state index in [9.17, 15) is 13.2 Å². The Morgan fingerprint density at radius 2 is 2.06 bits per heavy atom. The third-order valence-corrected chi connectivity index (χ3v) is 5.73. The van der Waals surface area contributed by atoms with Crippen molar-refractivity contribution in [1.82, 2.24) is 30.2 Å². The number of halogens is 3. The molecular weight excluding hydrogens is 425 g/mol. The second-order valence-corrected chi connectivity index (χ2v) is 7.87. The van der Waals surface area contributed by atoms with E-state index in [2.05, 4.69) is 26.0 Å². The van der Waals surface area contributed by atoms with Gasteiger partial charge >= 0.3 is 6.18 Å². The topological polar surface area (TPSA) is 103 Å². The summed E-state index contributed by atoms with van der Waals surface area (Å²) in [6.45, 7) is 1.98. The van der Waals surface area contributed by atoms with Crippen LogP contribution in [-0.2, 0) is 4.74 Å². The highest BCUT2D eigenvalue weighted by atomic mass is 19.4. The Labute approximate surface area is 183 Å². The fraction of sp³-hybridized carbons (Fsp3) is 0.550. The van der Waals surface area contributed by atoms with Crippen LogP contribution in [0.5, 0.6) is 0 Å². The molecule has 0 spiro atoms. The Morgan fingerprint density at radius 1 is 1.25 bits per heavy atom. The summed E-state index contributed by atoms with van der Waals surface area (Å²) in [6.07, 6.45) is 1.55. The normalized spacial score (nSPS) is 27.1. The van der Waals surface area contributed by atoms with E-state index >= 15 is 0 Å². The number of alkyl halides is 3. The lowest BCUT2D eigenvalue weighted by Gasteiger charge is -2.45. The van der Waals surface area contributed by atoms with Crippen LogP contribution in [0.3, 0.4) is 0 Å². The van der Waals surface area contributed by atoms with Gasteiger partial charge in [0, 0.05) is 44.6 Å². The molecule has 0 aromatic carbocycles. The largest absolute Gasteiger partial charge is 0.394 e. The predicted molar refractivity (Wildman–Crippen MR) is 109 cm³/mol. The minimum absolute atomic E-state index is 0.132. The number of morpholine rings is 1. The lowest BCUT2D eigenvalue weighted by Crippen LogP contribution is -2.59. The van der Waals surface area contributed by atoms with Crippen LogP contribution in [0.1, 0.15) is 18.3 Å². The lowest BCUT2D eigenvalue weighted by atomic mass is 9.90. The molecule has 0 aliphatic carbocycles. The van der Waals surface area contributed by atoms with Gasteiger partial charge in [-0.25, -0.2) is 9.97 Å². The summed E-state index contributed by atoms with van der Waals surface area (Å²) >= 11 is 0. The fourth-order valence-corrected chi connectivity index (χ4v) is 4.11. The van der Waals surface area contributed by atoms with Gasteiger partial charge in [0.1, 0.15) is 12.2 Å². The standard InChI is InChI=1S/C20H25F3N8O/c21-20(22,23)16-13-31(29-18-12-26-14(8-24)9-28-18)19(30-4-1-2-5-30)7-17(16)27-11-15-10-25-3-6-32-15/h1-2,4-5,9,12,15-17,19,25,27H,3,6-7,10-11,13H2,(H,28,29)/t15-,16?,17?,19?/m0/s1. The summed E-state index contributed by atoms with van der Waals surface area (Å²) in [4.78, 5) is 8.04. The summed E-state index contributed by atoms with van der Waals surface area (Å²) in [7, 11) is 0. The third-order valence-electron chi connectivity index (χ3n) is 5.73. The number of nitrogens with zero attached hydrogens (tertiary/aromatic N) is 5. The van der Waals surface area contributed by atoms with Crippen LogP contribution in [-0.4, -0.2) is 70.7 Å². The highest BCUT2D eigenvalue weighted by Gasteiger charge is 2.50. The summed E-state index contributed by atoms with van der Waals surface area (Å²) < 4.78 is 49.6. The molecule has 2 aromatic rings. The number of nitriles is 1. The van der Waals surface area contributed by atoms with E-state index in [1.54, 1.807) is 0 Å². The van der Waals surface area contributed by atoms with E-state index in [4.69, 9.17) is 10.00 Å². The Bertz CT molecular complexity index is 893. The zero-order valence-electron chi connectivity index (χ0n) is 17.3. The molecule has 0 amide bonds. The second kappa shape index (κ2) is 9.83. The number of hydrogen-bond acceptors (Lipinski definition) is 8. The van der Waals surface area contributed by atoms with Gasteiger partial charge < -0.3 is 19.9 Å². The minimum atomic E-state index is -4.39. The molecule has 4 atom stereocenters. The molecule has 172 valence electrons. The first-order valence-electron chi connectivity index (χ1n) is 10.4. The van der Waals surface area contributed by atoms with Gasteiger partial charge in [-0.1, -0.05) is 0 Å².